The molecule has 0 bridgehead atoms. The van der Waals surface area contributed by atoms with Crippen LogP contribution in [0.25, 0.3) is 11.2 Å². The summed E-state index contributed by atoms with van der Waals surface area (Å²) in [4.78, 5) is 51.9. The number of aromatic nitrogens is 7. The van der Waals surface area contributed by atoms with Crippen LogP contribution in [0.3, 0.4) is 0 Å². The van der Waals surface area contributed by atoms with Gasteiger partial charge in [-0.15, -0.1) is 0 Å². The van der Waals surface area contributed by atoms with Crippen molar-refractivity contribution in [2.24, 2.45) is 0 Å². The molecule has 5 rings (SSSR count). The van der Waals surface area contributed by atoms with Crippen molar-refractivity contribution in [1.82, 2.24) is 34.1 Å². The van der Waals surface area contributed by atoms with Gasteiger partial charge in [-0.05, 0) is 0 Å². The Bertz CT molecular complexity index is 1490. The number of fused-ring (bicyclic) bond motifs is 1. The highest BCUT2D eigenvalue weighted by Crippen LogP contribution is 2.49. The van der Waals surface area contributed by atoms with Crippen LogP contribution in [0.4, 0.5) is 11.9 Å². The summed E-state index contributed by atoms with van der Waals surface area (Å²) >= 11 is 0. The van der Waals surface area contributed by atoms with Gasteiger partial charge in [0.2, 0.25) is 11.9 Å². The van der Waals surface area contributed by atoms with Crippen molar-refractivity contribution in [3.05, 3.63) is 33.5 Å². The molecule has 3 aromatic heterocycles. The molecule has 3 aromatic rings. The van der Waals surface area contributed by atoms with E-state index in [1.807, 2.05) is 0 Å². The van der Waals surface area contributed by atoms with Gasteiger partial charge in [0.1, 0.15) is 37.1 Å². The van der Waals surface area contributed by atoms with Crippen molar-refractivity contribution in [3.8, 4) is 0 Å². The number of H-pyrrole nitrogens is 1. The molecule has 20 heteroatoms. The number of anilines is 2. The van der Waals surface area contributed by atoms with Gasteiger partial charge in [-0.2, -0.15) is 9.97 Å². The summed E-state index contributed by atoms with van der Waals surface area (Å²) in [6.45, 7) is -1.13. The Morgan fingerprint density at radius 1 is 1.11 bits per heavy atom. The molecule has 0 saturated carbocycles. The first kappa shape index (κ1) is 26.3. The van der Waals surface area contributed by atoms with Gasteiger partial charge in [0.05, 0.1) is 25.6 Å². The third-order valence-electron chi connectivity index (χ3n) is 6.05. The van der Waals surface area contributed by atoms with Gasteiger partial charge >= 0.3 is 13.5 Å². The number of nitrogen functional groups attached to an aromatic ring is 2. The largest absolute Gasteiger partial charge is 0.472 e. The van der Waals surface area contributed by atoms with E-state index in [-0.39, 0.29) is 35.9 Å². The molecule has 2 saturated heterocycles. The van der Waals surface area contributed by atoms with Crippen LogP contribution >= 0.6 is 7.82 Å². The SMILES string of the molecule is Nc1ncn([C@@H]2CC(OP(=O)(O)OC[C@H]3O[C@@H](n4cnc5c(=O)[nH]c(N)nc54)CC3O)C(CO)O2)c(=O)n1. The van der Waals surface area contributed by atoms with Crippen LogP contribution in [0.2, 0.25) is 0 Å². The zero-order chi connectivity index (χ0) is 27.2. The van der Waals surface area contributed by atoms with E-state index in [4.69, 9.17) is 30.0 Å². The second kappa shape index (κ2) is 10.1. The number of phosphoric acid groups is 1. The summed E-state index contributed by atoms with van der Waals surface area (Å²) in [5.74, 6) is -0.369. The number of nitrogens with zero attached hydrogens (tertiary/aromatic N) is 6. The van der Waals surface area contributed by atoms with Gasteiger partial charge in [0.25, 0.3) is 5.56 Å². The van der Waals surface area contributed by atoms with Gasteiger partial charge in [0, 0.05) is 12.8 Å². The maximum atomic E-state index is 12.7. The Balaban J connectivity index is 1.22. The fourth-order valence-corrected chi connectivity index (χ4v) is 5.22. The lowest BCUT2D eigenvalue weighted by molar-refractivity contribution is -0.0565. The van der Waals surface area contributed by atoms with E-state index in [1.54, 1.807) is 0 Å². The molecule has 8 N–H and O–H groups in total. The number of hydrogen-bond acceptors (Lipinski definition) is 15. The van der Waals surface area contributed by atoms with Crippen LogP contribution in [-0.4, -0.2) is 86.8 Å². The molecule has 2 aliphatic rings. The Kier molecular flexibility index (Phi) is 7.01. The minimum atomic E-state index is -4.76. The number of aliphatic hydroxyl groups is 2. The first-order valence-electron chi connectivity index (χ1n) is 11.2. The van der Waals surface area contributed by atoms with Gasteiger partial charge in [0.15, 0.2) is 11.2 Å². The number of ether oxygens (including phenoxy) is 2. The van der Waals surface area contributed by atoms with Gasteiger partial charge in [-0.3, -0.25) is 28.0 Å². The average molecular weight is 557 g/mol. The van der Waals surface area contributed by atoms with Gasteiger partial charge in [-0.25, -0.2) is 19.3 Å². The molecule has 0 spiro atoms. The molecule has 0 aromatic carbocycles. The van der Waals surface area contributed by atoms with E-state index in [2.05, 4.69) is 24.9 Å². The van der Waals surface area contributed by atoms with Gasteiger partial charge < -0.3 is 36.0 Å². The topological polar surface area (TPSA) is 278 Å². The molecule has 0 aliphatic carbocycles. The molecular weight excluding hydrogens is 533 g/mol. The normalized spacial score (nSPS) is 29.1. The molecule has 19 nitrogen and oxygen atoms in total. The highest BCUT2D eigenvalue weighted by atomic mass is 31.2. The number of aromatic amines is 1. The molecule has 206 valence electrons. The van der Waals surface area contributed by atoms with E-state index >= 15 is 0 Å². The Morgan fingerprint density at radius 2 is 1.82 bits per heavy atom. The number of rotatable bonds is 8. The number of aliphatic hydroxyl groups excluding tert-OH is 2. The lowest BCUT2D eigenvalue weighted by Crippen LogP contribution is -2.29. The van der Waals surface area contributed by atoms with Crippen molar-refractivity contribution in [2.75, 3.05) is 24.7 Å². The molecule has 2 fully saturated rings. The van der Waals surface area contributed by atoms with E-state index in [9.17, 15) is 29.3 Å². The Morgan fingerprint density at radius 3 is 2.55 bits per heavy atom. The lowest BCUT2D eigenvalue weighted by atomic mass is 10.2. The number of hydrogen-bond donors (Lipinski definition) is 6. The number of phosphoric ester groups is 1. The van der Waals surface area contributed by atoms with Gasteiger partial charge in [-0.1, -0.05) is 0 Å². The number of imidazole rings is 1. The van der Waals surface area contributed by atoms with Crippen molar-refractivity contribution in [1.29, 1.82) is 0 Å². The van der Waals surface area contributed by atoms with Crippen LogP contribution in [0.5, 0.6) is 0 Å². The number of nitrogens with one attached hydrogen (secondary N) is 1. The Labute approximate surface area is 211 Å². The fourth-order valence-electron chi connectivity index (χ4n) is 4.26. The van der Waals surface area contributed by atoms with Crippen molar-refractivity contribution in [3.63, 3.8) is 0 Å². The van der Waals surface area contributed by atoms with Crippen molar-refractivity contribution < 1.29 is 38.2 Å². The molecule has 4 unspecified atom stereocenters. The molecule has 0 radical (unpaired) electrons. The molecule has 38 heavy (non-hydrogen) atoms. The summed E-state index contributed by atoms with van der Waals surface area (Å²) in [6, 6.07) is 0. The van der Waals surface area contributed by atoms with Crippen LogP contribution in [-0.2, 0) is 23.1 Å². The molecule has 2 aliphatic heterocycles. The molecule has 5 heterocycles. The van der Waals surface area contributed by atoms with Crippen molar-refractivity contribution >= 4 is 30.9 Å². The molecule has 7 atom stereocenters. The summed E-state index contributed by atoms with van der Waals surface area (Å²) in [7, 11) is -4.76. The van der Waals surface area contributed by atoms with Crippen LogP contribution in [0, 0.1) is 0 Å². The zero-order valence-corrected chi connectivity index (χ0v) is 20.3. The second-order valence-corrected chi connectivity index (χ2v) is 9.97. The second-order valence-electron chi connectivity index (χ2n) is 8.57. The van der Waals surface area contributed by atoms with E-state index < -0.39 is 69.2 Å². The minimum absolute atomic E-state index is 0.0218. The standard InChI is InChI=1S/C18H24N9O10P/c19-16-22-6-27(18(31)25-16)12-2-8(9(3-28)35-12)37-38(32,33)34-4-10-7(29)1-11(36-10)26-5-21-13-14(26)23-17(20)24-15(13)30/h5-12,28-29H,1-4H2,(H,32,33)(H2,19,25,31)(H3,20,23,24,30)/t7?,8?,9?,10-,11-,12+/m1/s1. The summed E-state index contributed by atoms with van der Waals surface area (Å²) < 4.78 is 36.6. The quantitative estimate of drug-likeness (QED) is 0.154. The third kappa shape index (κ3) is 5.18. The summed E-state index contributed by atoms with van der Waals surface area (Å²) in [6.07, 6.45) is -3.86. The minimum Gasteiger partial charge on any atom is -0.394 e. The summed E-state index contributed by atoms with van der Waals surface area (Å²) in [5, 5.41) is 20.1. The highest BCUT2D eigenvalue weighted by Gasteiger charge is 2.43. The third-order valence-corrected chi connectivity index (χ3v) is 7.06. The fraction of sp³-hybridized carbons (Fsp3) is 0.556. The maximum absolute atomic E-state index is 12.7. The maximum Gasteiger partial charge on any atom is 0.472 e. The number of nitrogens with two attached hydrogens (primary N) is 2. The van der Waals surface area contributed by atoms with Crippen molar-refractivity contribution in [2.45, 2.75) is 49.7 Å². The van der Waals surface area contributed by atoms with Crippen LogP contribution < -0.4 is 22.7 Å². The van der Waals surface area contributed by atoms with Crippen LogP contribution in [0.15, 0.2) is 22.2 Å². The zero-order valence-electron chi connectivity index (χ0n) is 19.4. The lowest BCUT2D eigenvalue weighted by Gasteiger charge is -2.21. The first-order chi connectivity index (χ1) is 18.0. The smallest absolute Gasteiger partial charge is 0.394 e. The molecular formula is C18H24N9O10P. The average Bonchev–Trinajstić information content (AvgIpc) is 3.54. The summed E-state index contributed by atoms with van der Waals surface area (Å²) in [5.41, 5.74) is 9.82. The molecule has 0 amide bonds. The Hall–Kier alpha value is -3.29. The first-order valence-corrected chi connectivity index (χ1v) is 12.7. The van der Waals surface area contributed by atoms with E-state index in [1.165, 1.54) is 10.9 Å². The van der Waals surface area contributed by atoms with E-state index in [0.717, 1.165) is 10.9 Å². The predicted molar refractivity (Wildman–Crippen MR) is 124 cm³/mol. The van der Waals surface area contributed by atoms with E-state index in [0.29, 0.717) is 0 Å². The highest BCUT2D eigenvalue weighted by molar-refractivity contribution is 7.47. The predicted octanol–water partition coefficient (Wildman–Crippen LogP) is -2.63. The monoisotopic (exact) mass is 557 g/mol. The van der Waals surface area contributed by atoms with Crippen LogP contribution in [0.1, 0.15) is 25.3 Å².